The van der Waals surface area contributed by atoms with Gasteiger partial charge in [-0.05, 0) is 0 Å². The van der Waals surface area contributed by atoms with E-state index in [-0.39, 0.29) is 39.5 Å². The minimum atomic E-state index is -0.156. The van der Waals surface area contributed by atoms with Gasteiger partial charge in [-0.3, -0.25) is 0 Å². The number of hydrogen-bond donors (Lipinski definition) is 0. The number of hydrogen-bond acceptors (Lipinski definition) is 2. The van der Waals surface area contributed by atoms with Crippen LogP contribution in [0, 0.1) is 0 Å². The summed E-state index contributed by atoms with van der Waals surface area (Å²) in [6.07, 6.45) is 0. The molecular formula is C8H18ClCrO2. The fraction of sp³-hybridized carbons (Fsp3) is 1.00. The smallest absolute Gasteiger partial charge is 1.00 e. The third-order valence-corrected chi connectivity index (χ3v) is 2.34. The van der Waals surface area contributed by atoms with E-state index in [1.54, 1.807) is 0 Å². The molecule has 0 heterocycles. The van der Waals surface area contributed by atoms with Gasteiger partial charge in [0.1, 0.15) is 0 Å². The fourth-order valence-corrected chi connectivity index (χ4v) is 0.912. The van der Waals surface area contributed by atoms with Crippen LogP contribution in [-0.2, 0) is 23.5 Å². The van der Waals surface area contributed by atoms with Crippen molar-refractivity contribution in [1.29, 1.82) is 0 Å². The van der Waals surface area contributed by atoms with E-state index in [1.807, 2.05) is 41.5 Å². The van der Waals surface area contributed by atoms with Gasteiger partial charge in [-0.2, -0.15) is 0 Å². The van der Waals surface area contributed by atoms with Gasteiger partial charge in [-0.15, -0.1) is 0 Å². The predicted molar refractivity (Wildman–Crippen MR) is 41.7 cm³/mol. The molecule has 2 nitrogen and oxygen atoms in total. The standard InChI is InChI=1S/2C4H9O.ClH.Cr/c2*1-4(2,3)5;;/h2*1-3H3;1H;/q2*-1;;+3/p-1. The Morgan fingerprint density at radius 2 is 1.00 bits per heavy atom. The second kappa shape index (κ2) is 5.47. The van der Waals surface area contributed by atoms with Gasteiger partial charge in [0, 0.05) is 0 Å². The van der Waals surface area contributed by atoms with Gasteiger partial charge in [0.15, 0.2) is 0 Å². The second-order valence-corrected chi connectivity index (χ2v) is 5.19. The molecule has 0 radical (unpaired) electrons. The van der Waals surface area contributed by atoms with E-state index in [9.17, 15) is 0 Å². The molecule has 4 heteroatoms. The van der Waals surface area contributed by atoms with E-state index in [4.69, 9.17) is 7.58 Å². The van der Waals surface area contributed by atoms with Crippen molar-refractivity contribution in [3.8, 4) is 0 Å². The summed E-state index contributed by atoms with van der Waals surface area (Å²) in [4.78, 5) is 0. The molecule has 0 saturated heterocycles. The third kappa shape index (κ3) is 13.3. The van der Waals surface area contributed by atoms with Crippen LogP contribution in [0.2, 0.25) is 0 Å². The van der Waals surface area contributed by atoms with E-state index in [0.29, 0.717) is 0 Å². The topological polar surface area (TPSA) is 18.5 Å². The zero-order valence-corrected chi connectivity index (χ0v) is 10.6. The summed E-state index contributed by atoms with van der Waals surface area (Å²) in [6, 6.07) is 0. The molecule has 0 aromatic rings. The van der Waals surface area contributed by atoms with Crippen LogP contribution in [0.1, 0.15) is 41.5 Å². The monoisotopic (exact) mass is 233 g/mol. The minimum Gasteiger partial charge on any atom is -1.00 e. The SMILES string of the molecule is CC(C)(C)[O][Cr+][O]C(C)(C)C.[Cl-]. The molecule has 12 heavy (non-hydrogen) atoms. The van der Waals surface area contributed by atoms with Gasteiger partial charge in [-0.1, -0.05) is 0 Å². The fourth-order valence-electron chi connectivity index (χ4n) is 0.221. The van der Waals surface area contributed by atoms with Crippen molar-refractivity contribution in [3.05, 3.63) is 0 Å². The summed E-state index contributed by atoms with van der Waals surface area (Å²) in [5.74, 6) is 0. The molecule has 0 aromatic heterocycles. The Morgan fingerprint density at radius 1 is 0.750 bits per heavy atom. The van der Waals surface area contributed by atoms with Gasteiger partial charge in [0.05, 0.1) is 0 Å². The molecule has 0 N–H and O–H groups in total. The Balaban J connectivity index is 0. The van der Waals surface area contributed by atoms with Gasteiger partial charge in [-0.25, -0.2) is 0 Å². The summed E-state index contributed by atoms with van der Waals surface area (Å²) in [7, 11) is 0. The average Bonchev–Trinajstić information content (AvgIpc) is 1.55. The largest absolute Gasteiger partial charge is 1.00 e. The summed E-state index contributed by atoms with van der Waals surface area (Å²) in [6.45, 7) is 12.2. The van der Waals surface area contributed by atoms with Crippen LogP contribution in [0.15, 0.2) is 0 Å². The van der Waals surface area contributed by atoms with Crippen molar-refractivity contribution in [2.75, 3.05) is 0 Å². The molecule has 0 atom stereocenters. The van der Waals surface area contributed by atoms with Crippen LogP contribution in [0.4, 0.5) is 0 Å². The molecule has 0 saturated carbocycles. The first-order chi connectivity index (χ1) is 4.71. The quantitative estimate of drug-likeness (QED) is 0.642. The maximum absolute atomic E-state index is 5.45. The van der Waals surface area contributed by atoms with Crippen molar-refractivity contribution in [2.24, 2.45) is 0 Å². The molecule has 0 aliphatic heterocycles. The second-order valence-electron chi connectivity index (χ2n) is 4.46. The van der Waals surface area contributed by atoms with Crippen molar-refractivity contribution in [3.63, 3.8) is 0 Å². The Labute approximate surface area is 88.8 Å². The third-order valence-electron chi connectivity index (χ3n) is 0.568. The van der Waals surface area contributed by atoms with E-state index in [1.165, 1.54) is 0 Å². The first-order valence-corrected chi connectivity index (χ1v) is 4.78. The Kier molecular flexibility index (Phi) is 6.94. The van der Waals surface area contributed by atoms with Gasteiger partial charge in [0.25, 0.3) is 0 Å². The molecule has 0 aliphatic carbocycles. The van der Waals surface area contributed by atoms with Crippen LogP contribution >= 0.6 is 0 Å². The number of rotatable bonds is 2. The van der Waals surface area contributed by atoms with Crippen LogP contribution < -0.4 is 12.4 Å². The maximum Gasteiger partial charge on any atom is -1.00 e. The van der Waals surface area contributed by atoms with Crippen molar-refractivity contribution in [2.45, 2.75) is 52.7 Å². The van der Waals surface area contributed by atoms with Crippen molar-refractivity contribution < 1.29 is 35.9 Å². The normalized spacial score (nSPS) is 12.2. The summed E-state index contributed by atoms with van der Waals surface area (Å²) < 4.78 is 10.9. The first kappa shape index (κ1) is 15.2. The summed E-state index contributed by atoms with van der Waals surface area (Å²) in [5.41, 5.74) is -0.156. The number of halogens is 1. The Hall–Kier alpha value is 0.742. The molecule has 0 bridgehead atoms. The van der Waals surface area contributed by atoms with E-state index < -0.39 is 0 Å². The molecule has 0 fully saturated rings. The van der Waals surface area contributed by atoms with Crippen LogP contribution in [0.5, 0.6) is 0 Å². The summed E-state index contributed by atoms with van der Waals surface area (Å²) in [5, 5.41) is 0. The molecule has 0 unspecified atom stereocenters. The average molecular weight is 234 g/mol. The molecule has 0 aromatic carbocycles. The molecule has 0 rings (SSSR count). The van der Waals surface area contributed by atoms with Crippen molar-refractivity contribution >= 4 is 0 Å². The molecule has 0 aliphatic rings. The van der Waals surface area contributed by atoms with E-state index in [0.717, 1.165) is 0 Å². The Morgan fingerprint density at radius 3 is 1.17 bits per heavy atom. The first-order valence-electron chi connectivity index (χ1n) is 3.74. The molecule has 0 amide bonds. The Bertz CT molecular complexity index is 101. The van der Waals surface area contributed by atoms with Crippen molar-refractivity contribution in [1.82, 2.24) is 0 Å². The van der Waals surface area contributed by atoms with E-state index >= 15 is 0 Å². The van der Waals surface area contributed by atoms with Gasteiger partial charge >= 0.3 is 76.2 Å². The molecule has 0 spiro atoms. The van der Waals surface area contributed by atoms with Crippen LogP contribution in [0.3, 0.4) is 0 Å². The molecular weight excluding hydrogens is 216 g/mol. The zero-order chi connectivity index (χ0) is 9.12. The minimum absolute atomic E-state index is 0. The summed E-state index contributed by atoms with van der Waals surface area (Å²) >= 11 is -0.156. The predicted octanol–water partition coefficient (Wildman–Crippen LogP) is -0.467. The van der Waals surface area contributed by atoms with Gasteiger partial charge in [0.2, 0.25) is 0 Å². The van der Waals surface area contributed by atoms with E-state index in [2.05, 4.69) is 0 Å². The molecule has 75 valence electrons. The maximum atomic E-state index is 5.45. The van der Waals surface area contributed by atoms with Crippen LogP contribution in [0.25, 0.3) is 0 Å². The van der Waals surface area contributed by atoms with Crippen LogP contribution in [-0.4, -0.2) is 11.2 Å². The van der Waals surface area contributed by atoms with Gasteiger partial charge < -0.3 is 12.4 Å². The zero-order valence-electron chi connectivity index (χ0n) is 8.60.